The molecule has 0 spiro atoms. The van der Waals surface area contributed by atoms with Crippen molar-refractivity contribution in [1.82, 2.24) is 0 Å². The number of hydrogen-bond acceptors (Lipinski definition) is 3. The zero-order valence-corrected chi connectivity index (χ0v) is 28.8. The molecule has 9 heteroatoms. The van der Waals surface area contributed by atoms with Crippen LogP contribution in [-0.2, 0) is 16.0 Å². The topological polar surface area (TPSA) is 0 Å². The predicted molar refractivity (Wildman–Crippen MR) is 181 cm³/mol. The quantitative estimate of drug-likeness (QED) is 0.156. The first-order valence-electron chi connectivity index (χ1n) is 10.6. The second-order valence-corrected chi connectivity index (χ2v) is 14.0. The largest absolute Gasteiger partial charge is 0.143 e. The van der Waals surface area contributed by atoms with Gasteiger partial charge >= 0.3 is 0 Å². The zero-order valence-electron chi connectivity index (χ0n) is 18.5. The third kappa shape index (κ3) is 6.78. The molecule has 6 rings (SSSR count). The van der Waals surface area contributed by atoms with Crippen LogP contribution in [0.15, 0.2) is 75.9 Å². The third-order valence-electron chi connectivity index (χ3n) is 5.31. The SMILES string of the molecule is BrCc1ccc(Br)c2ccsc12.Clc1cc2cccc(CBr)c2s1.Clc1csc2c(CBr)cccc12. The minimum Gasteiger partial charge on any atom is -0.143 e. The minimum atomic E-state index is 0.859. The number of alkyl halides is 3. The Kier molecular flexibility index (Phi) is 11.2. The number of benzene rings is 3. The third-order valence-corrected chi connectivity index (χ3v) is 11.7. The summed E-state index contributed by atoms with van der Waals surface area (Å²) in [4.78, 5) is 0. The van der Waals surface area contributed by atoms with Crippen LogP contribution in [0.3, 0.4) is 0 Å². The van der Waals surface area contributed by atoms with E-state index >= 15 is 0 Å². The van der Waals surface area contributed by atoms with Crippen molar-refractivity contribution in [3.63, 3.8) is 0 Å². The molecule has 0 fully saturated rings. The molecule has 3 aromatic carbocycles. The van der Waals surface area contributed by atoms with Gasteiger partial charge in [0, 0.05) is 50.7 Å². The number of halogens is 6. The van der Waals surface area contributed by atoms with E-state index in [1.807, 2.05) is 17.5 Å². The molecule has 0 atom stereocenters. The summed E-state index contributed by atoms with van der Waals surface area (Å²) >= 11 is 31.0. The van der Waals surface area contributed by atoms with Gasteiger partial charge in [-0.05, 0) is 45.7 Å². The summed E-state index contributed by atoms with van der Waals surface area (Å²) in [5, 5.41) is 11.4. The summed E-state index contributed by atoms with van der Waals surface area (Å²) in [5.74, 6) is 0. The van der Waals surface area contributed by atoms with Crippen LogP contribution in [0.2, 0.25) is 9.36 Å². The average Bonchev–Trinajstić information content (AvgIpc) is 3.63. The van der Waals surface area contributed by atoms with Gasteiger partial charge in [0.1, 0.15) is 0 Å². The Balaban J connectivity index is 0.000000127. The molecule has 0 aliphatic carbocycles. The van der Waals surface area contributed by atoms with Gasteiger partial charge in [-0.2, -0.15) is 0 Å². The lowest BCUT2D eigenvalue weighted by atomic mass is 10.2. The van der Waals surface area contributed by atoms with Crippen molar-refractivity contribution in [1.29, 1.82) is 0 Å². The molecule has 3 heterocycles. The molecule has 0 N–H and O–H groups in total. The standard InChI is InChI=1S/C9H6Br2S.2C9H6BrClS/c10-5-6-1-2-8(11)7-3-4-12-9(6)7;10-4-6-2-1-3-7-8(11)5-12-9(6)7;10-5-7-3-1-2-6-4-8(11)12-9(6)7/h1-4H,5H2;1-3,5H,4H2;1-4H,5H2. The van der Waals surface area contributed by atoms with Crippen LogP contribution in [0.4, 0.5) is 0 Å². The summed E-state index contributed by atoms with van der Waals surface area (Å²) in [6.07, 6.45) is 0. The van der Waals surface area contributed by atoms with Crippen molar-refractivity contribution in [2.75, 3.05) is 0 Å². The van der Waals surface area contributed by atoms with Gasteiger partial charge in [0.05, 0.1) is 9.36 Å². The maximum absolute atomic E-state index is 6.00. The monoisotopic (exact) mass is 824 g/mol. The van der Waals surface area contributed by atoms with E-state index in [0.29, 0.717) is 0 Å². The first kappa shape index (κ1) is 29.0. The van der Waals surface area contributed by atoms with Gasteiger partial charge in [0.25, 0.3) is 0 Å². The van der Waals surface area contributed by atoms with Crippen LogP contribution in [0.5, 0.6) is 0 Å². The van der Waals surface area contributed by atoms with Crippen LogP contribution in [0.25, 0.3) is 30.3 Å². The summed E-state index contributed by atoms with van der Waals surface area (Å²) in [6, 6.07) is 20.9. The van der Waals surface area contributed by atoms with Crippen molar-refractivity contribution in [2.45, 2.75) is 16.0 Å². The molecule has 0 aliphatic rings. The second-order valence-electron chi connectivity index (χ2n) is 7.53. The van der Waals surface area contributed by atoms with Crippen LogP contribution < -0.4 is 0 Å². The fourth-order valence-electron chi connectivity index (χ4n) is 3.58. The fraction of sp³-hybridized carbons (Fsp3) is 0.111. The summed E-state index contributed by atoms with van der Waals surface area (Å²) in [6.45, 7) is 0. The Hall–Kier alpha value is 0.0400. The normalized spacial score (nSPS) is 10.8. The first-order valence-corrected chi connectivity index (χ1v) is 18.1. The highest BCUT2D eigenvalue weighted by atomic mass is 79.9. The van der Waals surface area contributed by atoms with E-state index in [1.54, 1.807) is 34.0 Å². The van der Waals surface area contributed by atoms with E-state index in [-0.39, 0.29) is 0 Å². The molecule has 3 aromatic heterocycles. The van der Waals surface area contributed by atoms with Gasteiger partial charge in [-0.15, -0.1) is 34.0 Å². The molecular weight excluding hydrogens is 811 g/mol. The molecule has 0 nitrogen and oxygen atoms in total. The Morgan fingerprint density at radius 1 is 0.667 bits per heavy atom. The van der Waals surface area contributed by atoms with E-state index in [1.165, 1.54) is 51.4 Å². The van der Waals surface area contributed by atoms with Crippen molar-refractivity contribution < 1.29 is 0 Å². The van der Waals surface area contributed by atoms with E-state index < -0.39 is 0 Å². The van der Waals surface area contributed by atoms with E-state index in [9.17, 15) is 0 Å². The highest BCUT2D eigenvalue weighted by Gasteiger charge is 2.05. The van der Waals surface area contributed by atoms with Crippen molar-refractivity contribution in [3.05, 3.63) is 102 Å². The van der Waals surface area contributed by atoms with Crippen LogP contribution in [-0.4, -0.2) is 0 Å². The first-order chi connectivity index (χ1) is 17.5. The van der Waals surface area contributed by atoms with Gasteiger partial charge in [0.15, 0.2) is 0 Å². The van der Waals surface area contributed by atoms with Gasteiger partial charge in [-0.1, -0.05) is 129 Å². The summed E-state index contributed by atoms with van der Waals surface area (Å²) in [5.41, 5.74) is 3.98. The highest BCUT2D eigenvalue weighted by molar-refractivity contribution is 9.10. The number of hydrogen-bond donors (Lipinski definition) is 0. The molecular formula is C27H18Br4Cl2S3. The smallest absolute Gasteiger partial charge is 0.0940 e. The number of rotatable bonds is 3. The lowest BCUT2D eigenvalue weighted by Gasteiger charge is -1.99. The second kappa shape index (κ2) is 13.9. The van der Waals surface area contributed by atoms with Crippen LogP contribution >= 0.6 is 121 Å². The Morgan fingerprint density at radius 3 is 2.03 bits per heavy atom. The molecule has 0 amide bonds. The van der Waals surface area contributed by atoms with Crippen LogP contribution in [0, 0.1) is 0 Å². The molecule has 0 radical (unpaired) electrons. The molecule has 186 valence electrons. The molecule has 0 bridgehead atoms. The average molecular weight is 829 g/mol. The molecule has 0 saturated heterocycles. The fourth-order valence-corrected chi connectivity index (χ4v) is 9.61. The van der Waals surface area contributed by atoms with Gasteiger partial charge < -0.3 is 0 Å². The molecule has 36 heavy (non-hydrogen) atoms. The Bertz CT molecular complexity index is 1580. The maximum Gasteiger partial charge on any atom is 0.0940 e. The summed E-state index contributed by atoms with van der Waals surface area (Å²) < 4.78 is 6.00. The van der Waals surface area contributed by atoms with Gasteiger partial charge in [-0.25, -0.2) is 0 Å². The lowest BCUT2D eigenvalue weighted by Crippen LogP contribution is -1.76. The molecule has 0 aliphatic heterocycles. The molecule has 0 unspecified atom stereocenters. The van der Waals surface area contributed by atoms with Crippen molar-refractivity contribution >= 4 is 151 Å². The lowest BCUT2D eigenvalue weighted by molar-refractivity contribution is 1.50. The van der Waals surface area contributed by atoms with Crippen molar-refractivity contribution in [2.24, 2.45) is 0 Å². The Morgan fingerprint density at radius 2 is 1.31 bits per heavy atom. The van der Waals surface area contributed by atoms with E-state index in [2.05, 4.69) is 118 Å². The van der Waals surface area contributed by atoms with Crippen molar-refractivity contribution in [3.8, 4) is 0 Å². The maximum atomic E-state index is 6.00. The molecule has 6 aromatic rings. The van der Waals surface area contributed by atoms with Crippen LogP contribution in [0.1, 0.15) is 16.7 Å². The number of thiophene rings is 3. The van der Waals surface area contributed by atoms with E-state index in [4.69, 9.17) is 23.2 Å². The predicted octanol–water partition coefficient (Wildman–Crippen LogP) is 13.5. The molecule has 0 saturated carbocycles. The zero-order chi connectivity index (χ0) is 25.7. The van der Waals surface area contributed by atoms with Gasteiger partial charge in [-0.3, -0.25) is 0 Å². The minimum absolute atomic E-state index is 0.859. The van der Waals surface area contributed by atoms with E-state index in [0.717, 1.165) is 25.3 Å². The Labute approximate surface area is 266 Å². The summed E-state index contributed by atoms with van der Waals surface area (Å²) in [7, 11) is 0. The van der Waals surface area contributed by atoms with Gasteiger partial charge in [0.2, 0.25) is 0 Å². The highest BCUT2D eigenvalue weighted by Crippen LogP contribution is 2.34. The number of fused-ring (bicyclic) bond motifs is 3.